The molecule has 0 saturated heterocycles. The van der Waals surface area contributed by atoms with Gasteiger partial charge in [-0.3, -0.25) is 4.79 Å². The first-order chi connectivity index (χ1) is 11.9. The summed E-state index contributed by atoms with van der Waals surface area (Å²) >= 11 is 0. The minimum atomic E-state index is -4.75. The normalized spacial score (nSPS) is 11.2. The highest BCUT2D eigenvalue weighted by molar-refractivity contribution is 6.04. The molecule has 1 N–H and O–H groups in total. The Bertz CT molecular complexity index is 842. The van der Waals surface area contributed by atoms with Crippen molar-refractivity contribution in [2.24, 2.45) is 0 Å². The summed E-state index contributed by atoms with van der Waals surface area (Å²) in [5, 5.41) is 2.61. The topological polar surface area (TPSA) is 56.1 Å². The molecule has 0 aliphatic rings. The summed E-state index contributed by atoms with van der Waals surface area (Å²) in [7, 11) is 0. The second-order valence-electron chi connectivity index (χ2n) is 5.04. The Hall–Kier alpha value is -3.29. The summed E-state index contributed by atoms with van der Waals surface area (Å²) in [5.74, 6) is -0.725. The molecule has 25 heavy (non-hydrogen) atoms. The van der Waals surface area contributed by atoms with E-state index in [-0.39, 0.29) is 11.7 Å². The fraction of sp³-hybridized carbons (Fsp3) is 0.0588. The second kappa shape index (κ2) is 6.68. The Balaban J connectivity index is 1.66. The molecule has 2 aromatic carbocycles. The molecule has 3 aromatic rings. The maximum atomic E-state index is 12.2. The Morgan fingerprint density at radius 2 is 1.72 bits per heavy atom. The van der Waals surface area contributed by atoms with Gasteiger partial charge in [-0.2, -0.15) is 0 Å². The van der Waals surface area contributed by atoms with E-state index in [0.717, 1.165) is 17.8 Å². The van der Waals surface area contributed by atoms with Crippen molar-refractivity contribution in [1.29, 1.82) is 0 Å². The lowest BCUT2D eigenvalue weighted by Crippen LogP contribution is -2.17. The first-order valence-corrected chi connectivity index (χ1v) is 7.16. The first-order valence-electron chi connectivity index (χ1n) is 7.16. The zero-order chi connectivity index (χ0) is 17.9. The molecule has 5 nitrogen and oxygen atoms in total. The van der Waals surface area contributed by atoms with Gasteiger partial charge in [0.15, 0.2) is 0 Å². The average Bonchev–Trinajstić information content (AvgIpc) is 3.10. The van der Waals surface area contributed by atoms with Gasteiger partial charge in [0.05, 0.1) is 6.33 Å². The zero-order valence-corrected chi connectivity index (χ0v) is 12.7. The van der Waals surface area contributed by atoms with Crippen molar-refractivity contribution >= 4 is 11.6 Å². The van der Waals surface area contributed by atoms with Crippen molar-refractivity contribution in [1.82, 2.24) is 9.55 Å². The van der Waals surface area contributed by atoms with Gasteiger partial charge >= 0.3 is 6.36 Å². The molecule has 0 radical (unpaired) electrons. The Labute approximate surface area is 140 Å². The van der Waals surface area contributed by atoms with Crippen LogP contribution in [-0.4, -0.2) is 21.8 Å². The molecule has 8 heteroatoms. The van der Waals surface area contributed by atoms with E-state index in [2.05, 4.69) is 15.0 Å². The van der Waals surface area contributed by atoms with Crippen LogP contribution in [0, 0.1) is 0 Å². The number of hydrogen-bond donors (Lipinski definition) is 1. The average molecular weight is 347 g/mol. The van der Waals surface area contributed by atoms with Gasteiger partial charge in [-0.25, -0.2) is 4.98 Å². The predicted molar refractivity (Wildman–Crippen MR) is 84.6 cm³/mol. The summed E-state index contributed by atoms with van der Waals surface area (Å²) in [6.45, 7) is 0. The number of halogens is 3. The standard InChI is InChI=1S/C17H12F3N3O2/c18-17(19,20)25-15-7-3-13(4-8-15)22-16(24)12-1-5-14(6-2-12)23-10-9-21-11-23/h1-11H,(H,22,24). The van der Waals surface area contributed by atoms with Crippen molar-refractivity contribution in [2.45, 2.75) is 6.36 Å². The highest BCUT2D eigenvalue weighted by Crippen LogP contribution is 2.24. The smallest absolute Gasteiger partial charge is 0.406 e. The molecule has 0 bridgehead atoms. The van der Waals surface area contributed by atoms with Crippen LogP contribution >= 0.6 is 0 Å². The molecule has 0 aliphatic carbocycles. The zero-order valence-electron chi connectivity index (χ0n) is 12.7. The van der Waals surface area contributed by atoms with Crippen LogP contribution in [0.25, 0.3) is 5.69 Å². The third-order valence-corrected chi connectivity index (χ3v) is 3.28. The van der Waals surface area contributed by atoms with Crippen LogP contribution in [0.15, 0.2) is 67.3 Å². The number of carbonyl (C=O) groups is 1. The SMILES string of the molecule is O=C(Nc1ccc(OC(F)(F)F)cc1)c1ccc(-n2ccnc2)cc1. The molecule has 1 heterocycles. The number of amides is 1. The van der Waals surface area contributed by atoms with E-state index in [1.807, 2.05) is 0 Å². The highest BCUT2D eigenvalue weighted by atomic mass is 19.4. The second-order valence-corrected chi connectivity index (χ2v) is 5.04. The largest absolute Gasteiger partial charge is 0.573 e. The summed E-state index contributed by atoms with van der Waals surface area (Å²) in [4.78, 5) is 16.1. The number of ether oxygens (including phenoxy) is 1. The molecule has 0 aliphatic heterocycles. The molecule has 0 fully saturated rings. The Kier molecular flexibility index (Phi) is 4.42. The third kappa shape index (κ3) is 4.37. The van der Waals surface area contributed by atoms with Crippen LogP contribution in [0.2, 0.25) is 0 Å². The molecule has 3 rings (SSSR count). The van der Waals surface area contributed by atoms with Gasteiger partial charge < -0.3 is 14.6 Å². The summed E-state index contributed by atoms with van der Waals surface area (Å²) in [6.07, 6.45) is 0.313. The van der Waals surface area contributed by atoms with Crippen LogP contribution in [0.4, 0.5) is 18.9 Å². The molecular formula is C17H12F3N3O2. The lowest BCUT2D eigenvalue weighted by atomic mass is 10.2. The summed E-state index contributed by atoms with van der Waals surface area (Å²) in [5.41, 5.74) is 1.63. The predicted octanol–water partition coefficient (Wildman–Crippen LogP) is 4.02. The molecular weight excluding hydrogens is 335 g/mol. The summed E-state index contributed by atoms with van der Waals surface area (Å²) < 4.78 is 41.9. The van der Waals surface area contributed by atoms with Gasteiger partial charge in [-0.1, -0.05) is 0 Å². The minimum Gasteiger partial charge on any atom is -0.406 e. The van der Waals surface area contributed by atoms with Crippen LogP contribution in [-0.2, 0) is 0 Å². The van der Waals surface area contributed by atoms with E-state index in [4.69, 9.17) is 0 Å². The molecule has 1 aromatic heterocycles. The number of aromatic nitrogens is 2. The van der Waals surface area contributed by atoms with Crippen LogP contribution in [0.5, 0.6) is 5.75 Å². The lowest BCUT2D eigenvalue weighted by Gasteiger charge is -2.10. The van der Waals surface area contributed by atoms with E-state index in [0.29, 0.717) is 11.3 Å². The van der Waals surface area contributed by atoms with Crippen LogP contribution < -0.4 is 10.1 Å². The highest BCUT2D eigenvalue weighted by Gasteiger charge is 2.30. The van der Waals surface area contributed by atoms with Gasteiger partial charge in [0.25, 0.3) is 5.91 Å². The number of hydrogen-bond acceptors (Lipinski definition) is 3. The van der Waals surface area contributed by atoms with Gasteiger partial charge in [-0.15, -0.1) is 13.2 Å². The van der Waals surface area contributed by atoms with Crippen molar-refractivity contribution in [3.63, 3.8) is 0 Å². The van der Waals surface area contributed by atoms with E-state index in [1.54, 1.807) is 47.6 Å². The monoisotopic (exact) mass is 347 g/mol. The Morgan fingerprint density at radius 3 is 2.28 bits per heavy atom. The fourth-order valence-electron chi connectivity index (χ4n) is 2.14. The maximum absolute atomic E-state index is 12.2. The molecule has 128 valence electrons. The maximum Gasteiger partial charge on any atom is 0.573 e. The first kappa shape index (κ1) is 16.6. The van der Waals surface area contributed by atoms with Gasteiger partial charge in [0, 0.05) is 29.3 Å². The number of benzene rings is 2. The van der Waals surface area contributed by atoms with Crippen LogP contribution in [0.3, 0.4) is 0 Å². The Morgan fingerprint density at radius 1 is 1.04 bits per heavy atom. The molecule has 0 spiro atoms. The fourth-order valence-corrected chi connectivity index (χ4v) is 2.14. The van der Waals surface area contributed by atoms with Gasteiger partial charge in [0.2, 0.25) is 0 Å². The van der Waals surface area contributed by atoms with E-state index < -0.39 is 6.36 Å². The van der Waals surface area contributed by atoms with Gasteiger partial charge in [-0.05, 0) is 48.5 Å². The number of nitrogens with one attached hydrogen (secondary N) is 1. The number of nitrogens with zero attached hydrogens (tertiary/aromatic N) is 2. The van der Waals surface area contributed by atoms with Crippen molar-refractivity contribution in [2.75, 3.05) is 5.32 Å². The molecule has 0 unspecified atom stereocenters. The molecule has 0 saturated carbocycles. The van der Waals surface area contributed by atoms with E-state index in [9.17, 15) is 18.0 Å². The summed E-state index contributed by atoms with van der Waals surface area (Å²) in [6, 6.07) is 11.7. The quantitative estimate of drug-likeness (QED) is 0.775. The number of alkyl halides is 3. The van der Waals surface area contributed by atoms with Crippen LogP contribution in [0.1, 0.15) is 10.4 Å². The van der Waals surface area contributed by atoms with Gasteiger partial charge in [0.1, 0.15) is 5.75 Å². The number of carbonyl (C=O) groups excluding carboxylic acids is 1. The third-order valence-electron chi connectivity index (χ3n) is 3.28. The van der Waals surface area contributed by atoms with Crippen molar-refractivity contribution in [3.05, 3.63) is 72.8 Å². The van der Waals surface area contributed by atoms with E-state index >= 15 is 0 Å². The minimum absolute atomic E-state index is 0.352. The van der Waals surface area contributed by atoms with Crippen molar-refractivity contribution < 1.29 is 22.7 Å². The number of rotatable bonds is 4. The number of anilines is 1. The lowest BCUT2D eigenvalue weighted by molar-refractivity contribution is -0.274. The molecule has 1 amide bonds. The van der Waals surface area contributed by atoms with E-state index in [1.165, 1.54) is 12.1 Å². The van der Waals surface area contributed by atoms with Crippen molar-refractivity contribution in [3.8, 4) is 11.4 Å². The molecule has 0 atom stereocenters. The number of imidazole rings is 1.